The van der Waals surface area contributed by atoms with Gasteiger partial charge < -0.3 is 9.05 Å². The third-order valence-electron chi connectivity index (χ3n) is 5.54. The lowest BCUT2D eigenvalue weighted by molar-refractivity contribution is -0.0324. The van der Waals surface area contributed by atoms with Crippen LogP contribution in [0.1, 0.15) is 90.9 Å². The summed E-state index contributed by atoms with van der Waals surface area (Å²) in [5.74, 6) is 0. The van der Waals surface area contributed by atoms with Crippen molar-refractivity contribution in [1.29, 1.82) is 0 Å². The van der Waals surface area contributed by atoms with Crippen LogP contribution in [-0.4, -0.2) is 17.9 Å². The van der Waals surface area contributed by atoms with Crippen LogP contribution in [0.3, 0.4) is 0 Å². The van der Waals surface area contributed by atoms with Gasteiger partial charge in [-0.05, 0) is 38.5 Å². The molecule has 2 fully saturated rings. The average molecular weight is 316 g/mol. The minimum Gasteiger partial charge on any atom is -0.302 e. The van der Waals surface area contributed by atoms with E-state index in [-0.39, 0.29) is 11.2 Å². The molecular weight excluding hydrogens is 283 g/mol. The van der Waals surface area contributed by atoms with Gasteiger partial charge in [0.25, 0.3) is 0 Å². The minimum absolute atomic E-state index is 0.202. The van der Waals surface area contributed by atoms with E-state index in [0.717, 1.165) is 38.5 Å². The van der Waals surface area contributed by atoms with Gasteiger partial charge in [-0.15, -0.1) is 0 Å². The van der Waals surface area contributed by atoms with Crippen LogP contribution in [0.15, 0.2) is 0 Å². The fourth-order valence-electron chi connectivity index (χ4n) is 4.13. The van der Waals surface area contributed by atoms with Crippen LogP contribution in [0.4, 0.5) is 0 Å². The molecule has 124 valence electrons. The maximum atomic E-state index is 13.0. The van der Waals surface area contributed by atoms with Crippen molar-refractivity contribution in [2.75, 3.05) is 6.66 Å². The summed E-state index contributed by atoms with van der Waals surface area (Å²) < 4.78 is 25.4. The maximum Gasteiger partial charge on any atom is 0.328 e. The summed E-state index contributed by atoms with van der Waals surface area (Å²) in [4.78, 5) is 0. The molecule has 21 heavy (non-hydrogen) atoms. The Kier molecular flexibility index (Phi) is 5.96. The second kappa shape index (κ2) is 7.15. The Labute approximate surface area is 130 Å². The molecule has 2 aliphatic rings. The first-order chi connectivity index (χ1) is 9.95. The van der Waals surface area contributed by atoms with Crippen molar-refractivity contribution in [3.63, 3.8) is 0 Å². The standard InChI is InChI=1S/C17H33O3P/c1-4-16(12-8-6-9-13-16)19-21(3,18)20-17(5-2)14-10-7-11-15-17/h4-15H2,1-3H3. The van der Waals surface area contributed by atoms with E-state index in [9.17, 15) is 4.57 Å². The Hall–Kier alpha value is 0.150. The zero-order valence-corrected chi connectivity index (χ0v) is 15.1. The van der Waals surface area contributed by atoms with E-state index in [1.54, 1.807) is 6.66 Å². The highest BCUT2D eigenvalue weighted by molar-refractivity contribution is 7.53. The Morgan fingerprint density at radius 3 is 1.38 bits per heavy atom. The molecule has 0 heterocycles. The lowest BCUT2D eigenvalue weighted by atomic mass is 9.83. The van der Waals surface area contributed by atoms with Gasteiger partial charge in [-0.25, -0.2) is 0 Å². The topological polar surface area (TPSA) is 35.5 Å². The van der Waals surface area contributed by atoms with E-state index >= 15 is 0 Å². The van der Waals surface area contributed by atoms with E-state index < -0.39 is 7.60 Å². The van der Waals surface area contributed by atoms with Gasteiger partial charge in [0.1, 0.15) is 0 Å². The summed E-state index contributed by atoms with van der Waals surface area (Å²) >= 11 is 0. The predicted octanol–water partition coefficient (Wildman–Crippen LogP) is 6.07. The molecule has 0 aliphatic heterocycles. The Morgan fingerprint density at radius 2 is 1.10 bits per heavy atom. The molecule has 0 unspecified atom stereocenters. The van der Waals surface area contributed by atoms with Crippen molar-refractivity contribution < 1.29 is 13.6 Å². The van der Waals surface area contributed by atoms with E-state index in [1.807, 2.05) is 0 Å². The van der Waals surface area contributed by atoms with Crippen LogP contribution in [0.25, 0.3) is 0 Å². The van der Waals surface area contributed by atoms with Crippen molar-refractivity contribution in [2.24, 2.45) is 0 Å². The van der Waals surface area contributed by atoms with Gasteiger partial charge in [0, 0.05) is 6.66 Å². The average Bonchev–Trinajstić information content (AvgIpc) is 2.48. The first kappa shape index (κ1) is 17.5. The molecule has 0 radical (unpaired) electrons. The largest absolute Gasteiger partial charge is 0.328 e. The molecule has 2 saturated carbocycles. The molecule has 0 N–H and O–H groups in total. The highest BCUT2D eigenvalue weighted by atomic mass is 31.2. The van der Waals surface area contributed by atoms with E-state index in [2.05, 4.69) is 13.8 Å². The third kappa shape index (κ3) is 4.56. The van der Waals surface area contributed by atoms with Gasteiger partial charge in [-0.1, -0.05) is 52.4 Å². The first-order valence-corrected chi connectivity index (χ1v) is 10.9. The highest BCUT2D eigenvalue weighted by Gasteiger charge is 2.42. The molecule has 3 nitrogen and oxygen atoms in total. The van der Waals surface area contributed by atoms with Crippen molar-refractivity contribution in [3.8, 4) is 0 Å². The Bertz CT molecular complexity index is 336. The van der Waals surface area contributed by atoms with Crippen molar-refractivity contribution in [2.45, 2.75) is 102 Å². The van der Waals surface area contributed by atoms with E-state index in [1.165, 1.54) is 38.5 Å². The molecule has 0 aromatic rings. The molecule has 4 heteroatoms. The van der Waals surface area contributed by atoms with E-state index in [4.69, 9.17) is 9.05 Å². The molecule has 0 amide bonds. The Morgan fingerprint density at radius 1 is 0.762 bits per heavy atom. The summed E-state index contributed by atoms with van der Waals surface area (Å²) in [6, 6.07) is 0. The van der Waals surface area contributed by atoms with Crippen LogP contribution >= 0.6 is 7.60 Å². The van der Waals surface area contributed by atoms with Crippen LogP contribution in [0.5, 0.6) is 0 Å². The van der Waals surface area contributed by atoms with Crippen molar-refractivity contribution in [1.82, 2.24) is 0 Å². The van der Waals surface area contributed by atoms with Crippen LogP contribution in [-0.2, 0) is 13.6 Å². The summed E-state index contributed by atoms with van der Waals surface area (Å²) in [5.41, 5.74) is -0.405. The van der Waals surface area contributed by atoms with Crippen molar-refractivity contribution in [3.05, 3.63) is 0 Å². The molecule has 2 rings (SSSR count). The molecule has 2 aliphatic carbocycles. The smallest absolute Gasteiger partial charge is 0.302 e. The molecular formula is C17H33O3P. The zero-order valence-electron chi connectivity index (χ0n) is 14.2. The minimum atomic E-state index is -2.99. The zero-order chi connectivity index (χ0) is 15.4. The quantitative estimate of drug-likeness (QED) is 0.558. The van der Waals surface area contributed by atoms with Gasteiger partial charge in [-0.3, -0.25) is 4.57 Å². The highest BCUT2D eigenvalue weighted by Crippen LogP contribution is 2.57. The molecule has 0 saturated heterocycles. The lowest BCUT2D eigenvalue weighted by Crippen LogP contribution is -2.37. The number of hydrogen-bond donors (Lipinski definition) is 0. The fourth-order valence-corrected chi connectivity index (χ4v) is 6.20. The molecule has 0 atom stereocenters. The summed E-state index contributed by atoms with van der Waals surface area (Å²) in [6.45, 7) is 6.01. The van der Waals surface area contributed by atoms with Crippen LogP contribution < -0.4 is 0 Å². The molecule has 0 aromatic heterocycles. The van der Waals surface area contributed by atoms with Gasteiger partial charge in [0.15, 0.2) is 0 Å². The second-order valence-corrected chi connectivity index (χ2v) is 9.06. The van der Waals surface area contributed by atoms with Crippen LogP contribution in [0.2, 0.25) is 0 Å². The second-order valence-electron chi connectivity index (χ2n) is 7.15. The van der Waals surface area contributed by atoms with Crippen molar-refractivity contribution >= 4 is 7.60 Å². The summed E-state index contributed by atoms with van der Waals surface area (Å²) in [7, 11) is -2.99. The van der Waals surface area contributed by atoms with E-state index in [0.29, 0.717) is 0 Å². The predicted molar refractivity (Wildman–Crippen MR) is 87.9 cm³/mol. The number of hydrogen-bond acceptors (Lipinski definition) is 3. The normalized spacial score (nSPS) is 25.7. The SMILES string of the molecule is CCC1(OP(C)(=O)OC2(CC)CCCCC2)CCCCC1. The van der Waals surface area contributed by atoms with Gasteiger partial charge >= 0.3 is 7.60 Å². The van der Waals surface area contributed by atoms with Gasteiger partial charge in [0.05, 0.1) is 11.2 Å². The number of rotatable bonds is 6. The monoisotopic (exact) mass is 316 g/mol. The lowest BCUT2D eigenvalue weighted by Gasteiger charge is -2.42. The third-order valence-corrected chi connectivity index (χ3v) is 6.98. The molecule has 0 aromatic carbocycles. The van der Waals surface area contributed by atoms with Gasteiger partial charge in [0.2, 0.25) is 0 Å². The Balaban J connectivity index is 2.04. The van der Waals surface area contributed by atoms with Crippen LogP contribution in [0, 0.1) is 0 Å². The molecule has 0 spiro atoms. The van der Waals surface area contributed by atoms with Gasteiger partial charge in [-0.2, -0.15) is 0 Å². The summed E-state index contributed by atoms with van der Waals surface area (Å²) in [5, 5.41) is 0. The summed E-state index contributed by atoms with van der Waals surface area (Å²) in [6.07, 6.45) is 13.3. The maximum absolute atomic E-state index is 13.0. The first-order valence-electron chi connectivity index (χ1n) is 8.94. The fraction of sp³-hybridized carbons (Fsp3) is 1.00. The molecule has 0 bridgehead atoms.